The lowest BCUT2D eigenvalue weighted by atomic mass is 9.98. The molecular formula is C17H23N3O4S. The van der Waals surface area contributed by atoms with Crippen LogP contribution in [0.25, 0.3) is 0 Å². The molecule has 0 unspecified atom stereocenters. The Labute approximate surface area is 148 Å². The molecule has 136 valence electrons. The molecule has 25 heavy (non-hydrogen) atoms. The van der Waals surface area contributed by atoms with Crippen molar-refractivity contribution >= 4 is 10.0 Å². The van der Waals surface area contributed by atoms with E-state index in [0.29, 0.717) is 18.0 Å². The van der Waals surface area contributed by atoms with Gasteiger partial charge in [0.05, 0.1) is 31.9 Å². The van der Waals surface area contributed by atoms with E-state index in [2.05, 4.69) is 9.82 Å². The third-order valence-electron chi connectivity index (χ3n) is 4.43. The fraction of sp³-hybridized carbons (Fsp3) is 0.471. The zero-order chi connectivity index (χ0) is 17.9. The van der Waals surface area contributed by atoms with Crippen molar-refractivity contribution in [3.8, 4) is 11.5 Å². The van der Waals surface area contributed by atoms with E-state index in [1.165, 1.54) is 44.0 Å². The van der Waals surface area contributed by atoms with E-state index in [9.17, 15) is 8.42 Å². The van der Waals surface area contributed by atoms with Gasteiger partial charge < -0.3 is 9.47 Å². The van der Waals surface area contributed by atoms with Crippen molar-refractivity contribution in [2.75, 3.05) is 20.8 Å². The van der Waals surface area contributed by atoms with Crippen molar-refractivity contribution in [1.82, 2.24) is 14.5 Å². The normalized spacial score (nSPS) is 14.2. The molecule has 1 N–H and O–H groups in total. The molecule has 0 spiro atoms. The third kappa shape index (κ3) is 3.80. The molecule has 0 saturated carbocycles. The second-order valence-electron chi connectivity index (χ2n) is 5.96. The minimum atomic E-state index is -3.62. The van der Waals surface area contributed by atoms with E-state index in [4.69, 9.17) is 9.47 Å². The molecule has 1 aliphatic rings. The van der Waals surface area contributed by atoms with Crippen LogP contribution in [0, 0.1) is 0 Å². The van der Waals surface area contributed by atoms with Gasteiger partial charge in [-0.3, -0.25) is 4.68 Å². The summed E-state index contributed by atoms with van der Waals surface area (Å²) in [5, 5.41) is 4.39. The number of hydrogen-bond acceptors (Lipinski definition) is 5. The van der Waals surface area contributed by atoms with Gasteiger partial charge in [0.15, 0.2) is 11.5 Å². The molecule has 7 nitrogen and oxygen atoms in total. The maximum Gasteiger partial charge on any atom is 0.240 e. The average molecular weight is 365 g/mol. The second kappa shape index (κ2) is 7.45. The van der Waals surface area contributed by atoms with E-state index in [0.717, 1.165) is 19.3 Å². The lowest BCUT2D eigenvalue weighted by molar-refractivity contribution is 0.354. The molecule has 0 saturated heterocycles. The van der Waals surface area contributed by atoms with Crippen LogP contribution in [0.1, 0.15) is 24.1 Å². The fourth-order valence-electron chi connectivity index (χ4n) is 3.10. The van der Waals surface area contributed by atoms with Gasteiger partial charge in [0.1, 0.15) is 0 Å². The number of nitrogens with one attached hydrogen (secondary N) is 1. The summed E-state index contributed by atoms with van der Waals surface area (Å²) in [6.45, 7) is 0.798. The molecule has 0 aliphatic heterocycles. The maximum atomic E-state index is 12.5. The largest absolute Gasteiger partial charge is 0.493 e. The van der Waals surface area contributed by atoms with E-state index in [1.807, 2.05) is 10.9 Å². The number of benzene rings is 1. The number of aryl methyl sites for hydroxylation is 1. The van der Waals surface area contributed by atoms with Crippen molar-refractivity contribution in [2.24, 2.45) is 0 Å². The van der Waals surface area contributed by atoms with E-state index < -0.39 is 10.0 Å². The smallest absolute Gasteiger partial charge is 0.240 e. The topological polar surface area (TPSA) is 82.5 Å². The van der Waals surface area contributed by atoms with Crippen molar-refractivity contribution in [3.05, 3.63) is 35.7 Å². The molecule has 1 aromatic heterocycles. The Morgan fingerprint density at radius 3 is 2.68 bits per heavy atom. The number of ether oxygens (including phenoxy) is 2. The Balaban J connectivity index is 1.67. The van der Waals surface area contributed by atoms with Gasteiger partial charge in [-0.2, -0.15) is 5.10 Å². The molecule has 2 aromatic rings. The molecule has 0 radical (unpaired) electrons. The minimum Gasteiger partial charge on any atom is -0.493 e. The predicted octanol–water partition coefficient (Wildman–Crippen LogP) is 1.76. The zero-order valence-corrected chi connectivity index (χ0v) is 15.3. The van der Waals surface area contributed by atoms with Gasteiger partial charge in [0.25, 0.3) is 0 Å². The van der Waals surface area contributed by atoms with Gasteiger partial charge in [0.2, 0.25) is 10.0 Å². The number of nitrogens with zero attached hydrogens (tertiary/aromatic N) is 2. The van der Waals surface area contributed by atoms with E-state index >= 15 is 0 Å². The Kier molecular flexibility index (Phi) is 5.29. The number of rotatable bonds is 7. The van der Waals surface area contributed by atoms with Crippen LogP contribution < -0.4 is 14.2 Å². The van der Waals surface area contributed by atoms with Crippen LogP contribution >= 0.6 is 0 Å². The van der Waals surface area contributed by atoms with Crippen LogP contribution in [0.2, 0.25) is 0 Å². The molecule has 1 aromatic carbocycles. The lowest BCUT2D eigenvalue weighted by Gasteiger charge is -2.14. The first-order valence-electron chi connectivity index (χ1n) is 8.30. The summed E-state index contributed by atoms with van der Waals surface area (Å²) >= 11 is 0. The van der Waals surface area contributed by atoms with Gasteiger partial charge in [-0.1, -0.05) is 0 Å². The standard InChI is InChI=1S/C17H23N3O4S/c1-23-16-8-7-14(11-17(16)24-2)25(21,22)19-9-10-20-15-6-4-3-5-13(15)12-18-20/h7-8,11-12,19H,3-6,9-10H2,1-2H3. The zero-order valence-electron chi connectivity index (χ0n) is 14.5. The second-order valence-corrected chi connectivity index (χ2v) is 7.73. The maximum absolute atomic E-state index is 12.5. The number of sulfonamides is 1. The number of fused-ring (bicyclic) bond motifs is 1. The Hall–Kier alpha value is -2.06. The quantitative estimate of drug-likeness (QED) is 0.808. The highest BCUT2D eigenvalue weighted by atomic mass is 32.2. The monoisotopic (exact) mass is 365 g/mol. The first-order chi connectivity index (χ1) is 12.0. The van der Waals surface area contributed by atoms with Crippen LogP contribution in [0.15, 0.2) is 29.3 Å². The molecule has 3 rings (SSSR count). The summed E-state index contributed by atoms with van der Waals surface area (Å²) in [6.07, 6.45) is 6.34. The molecule has 0 bridgehead atoms. The molecule has 1 heterocycles. The van der Waals surface area contributed by atoms with Gasteiger partial charge in [-0.25, -0.2) is 13.1 Å². The van der Waals surface area contributed by atoms with Gasteiger partial charge in [-0.05, 0) is 43.4 Å². The summed E-state index contributed by atoms with van der Waals surface area (Å²) in [5.41, 5.74) is 2.52. The van der Waals surface area contributed by atoms with Crippen molar-refractivity contribution in [1.29, 1.82) is 0 Å². The molecule has 0 amide bonds. The first-order valence-corrected chi connectivity index (χ1v) is 9.78. The van der Waals surface area contributed by atoms with E-state index in [-0.39, 0.29) is 11.4 Å². The Bertz CT molecular complexity index is 846. The van der Waals surface area contributed by atoms with Crippen LogP contribution in [0.5, 0.6) is 11.5 Å². The molecule has 1 aliphatic carbocycles. The predicted molar refractivity (Wildman–Crippen MR) is 93.6 cm³/mol. The van der Waals surface area contributed by atoms with E-state index in [1.54, 1.807) is 6.07 Å². The van der Waals surface area contributed by atoms with Gasteiger partial charge >= 0.3 is 0 Å². The average Bonchev–Trinajstić information content (AvgIpc) is 3.04. The summed E-state index contributed by atoms with van der Waals surface area (Å²) in [7, 11) is -0.635. The van der Waals surface area contributed by atoms with Gasteiger partial charge in [-0.15, -0.1) is 0 Å². The fourth-order valence-corrected chi connectivity index (χ4v) is 4.14. The highest BCUT2D eigenvalue weighted by Gasteiger charge is 2.18. The first kappa shape index (κ1) is 17.8. The van der Waals surface area contributed by atoms with Crippen molar-refractivity contribution in [2.45, 2.75) is 37.1 Å². The highest BCUT2D eigenvalue weighted by Crippen LogP contribution is 2.29. The summed E-state index contributed by atoms with van der Waals surface area (Å²) in [6, 6.07) is 4.54. The molecule has 0 atom stereocenters. The minimum absolute atomic E-state index is 0.146. The Morgan fingerprint density at radius 1 is 1.16 bits per heavy atom. The lowest BCUT2D eigenvalue weighted by Crippen LogP contribution is -2.28. The van der Waals surface area contributed by atoms with Crippen LogP contribution in [-0.4, -0.2) is 39.0 Å². The third-order valence-corrected chi connectivity index (χ3v) is 5.88. The van der Waals surface area contributed by atoms with Crippen LogP contribution in [0.3, 0.4) is 0 Å². The molecule has 8 heteroatoms. The molecular weight excluding hydrogens is 342 g/mol. The Morgan fingerprint density at radius 2 is 1.92 bits per heavy atom. The summed E-state index contributed by atoms with van der Waals surface area (Å²) in [5.74, 6) is 0.871. The van der Waals surface area contributed by atoms with Crippen LogP contribution in [0.4, 0.5) is 0 Å². The number of methoxy groups -OCH3 is 2. The highest BCUT2D eigenvalue weighted by molar-refractivity contribution is 7.89. The molecule has 0 fully saturated rings. The summed E-state index contributed by atoms with van der Waals surface area (Å²) < 4.78 is 39.8. The van der Waals surface area contributed by atoms with Crippen molar-refractivity contribution < 1.29 is 17.9 Å². The van der Waals surface area contributed by atoms with Gasteiger partial charge in [0, 0.05) is 18.3 Å². The number of aromatic nitrogens is 2. The summed E-state index contributed by atoms with van der Waals surface area (Å²) in [4.78, 5) is 0.146. The number of hydrogen-bond donors (Lipinski definition) is 1. The van der Waals surface area contributed by atoms with Crippen LogP contribution in [-0.2, 0) is 29.4 Å². The SMILES string of the molecule is COc1ccc(S(=O)(=O)NCCn2ncc3c2CCCC3)cc1OC. The van der Waals surface area contributed by atoms with Crippen molar-refractivity contribution in [3.63, 3.8) is 0 Å².